The van der Waals surface area contributed by atoms with E-state index in [1.807, 2.05) is 24.3 Å². The van der Waals surface area contributed by atoms with Crippen LogP contribution in [0.25, 0.3) is 17.1 Å². The summed E-state index contributed by atoms with van der Waals surface area (Å²) in [7, 11) is 0. The third-order valence-electron chi connectivity index (χ3n) is 4.95. The maximum Gasteiger partial charge on any atom is 0.196 e. The van der Waals surface area contributed by atoms with Gasteiger partial charge in [-0.2, -0.15) is 0 Å². The zero-order valence-electron chi connectivity index (χ0n) is 16.0. The summed E-state index contributed by atoms with van der Waals surface area (Å²) in [6, 6.07) is 14.5. The van der Waals surface area contributed by atoms with Crippen LogP contribution in [-0.4, -0.2) is 25.8 Å². The second-order valence-corrected chi connectivity index (χ2v) is 9.40. The summed E-state index contributed by atoms with van der Waals surface area (Å²) >= 11 is 5.05. The summed E-state index contributed by atoms with van der Waals surface area (Å²) in [5.74, 6) is 1.12. The van der Waals surface area contributed by atoms with E-state index in [0.717, 1.165) is 46.0 Å². The van der Waals surface area contributed by atoms with Crippen LogP contribution in [0.15, 0.2) is 52.1 Å². The van der Waals surface area contributed by atoms with Gasteiger partial charge in [0.25, 0.3) is 0 Å². The number of carbonyl (C=O) groups is 1. The summed E-state index contributed by atoms with van der Waals surface area (Å²) < 4.78 is 3.12. The molecule has 0 amide bonds. The van der Waals surface area contributed by atoms with E-state index in [2.05, 4.69) is 62.7 Å². The molecule has 0 unspecified atom stereocenters. The van der Waals surface area contributed by atoms with Crippen molar-refractivity contribution in [2.45, 2.75) is 49.9 Å². The second kappa shape index (κ2) is 8.21. The Labute approximate surface area is 177 Å². The molecule has 4 nitrogen and oxygen atoms in total. The number of aromatic nitrogens is 3. The molecule has 1 atom stereocenters. The Kier molecular flexibility index (Phi) is 5.69. The molecular formula is C22H22BrN3OS. The molecule has 6 heteroatoms. The number of benzene rings is 2. The molecular weight excluding hydrogens is 434 g/mol. The highest BCUT2D eigenvalue weighted by molar-refractivity contribution is 9.10. The van der Waals surface area contributed by atoms with Gasteiger partial charge in [-0.05, 0) is 62.1 Å². The van der Waals surface area contributed by atoms with Crippen LogP contribution in [0.4, 0.5) is 0 Å². The third-order valence-corrected chi connectivity index (χ3v) is 6.73. The third kappa shape index (κ3) is 4.08. The summed E-state index contributed by atoms with van der Waals surface area (Å²) in [5.41, 5.74) is 4.41. The van der Waals surface area contributed by atoms with E-state index in [1.54, 1.807) is 11.8 Å². The molecule has 0 N–H and O–H groups in total. The lowest BCUT2D eigenvalue weighted by molar-refractivity contribution is -0.119. The molecule has 4 rings (SSSR count). The topological polar surface area (TPSA) is 47.8 Å². The summed E-state index contributed by atoms with van der Waals surface area (Å²) in [5, 5.41) is 9.75. The molecule has 1 aromatic heterocycles. The van der Waals surface area contributed by atoms with Crippen molar-refractivity contribution < 1.29 is 4.79 Å². The van der Waals surface area contributed by atoms with Crippen molar-refractivity contribution in [1.82, 2.24) is 14.8 Å². The van der Waals surface area contributed by atoms with Crippen LogP contribution in [0.3, 0.4) is 0 Å². The van der Waals surface area contributed by atoms with E-state index in [0.29, 0.717) is 12.2 Å². The van der Waals surface area contributed by atoms with Gasteiger partial charge >= 0.3 is 0 Å². The van der Waals surface area contributed by atoms with Crippen molar-refractivity contribution in [2.24, 2.45) is 0 Å². The number of rotatable bonds is 4. The fourth-order valence-corrected chi connectivity index (χ4v) is 5.09. The first-order chi connectivity index (χ1) is 13.5. The highest BCUT2D eigenvalue weighted by atomic mass is 79.9. The van der Waals surface area contributed by atoms with Crippen molar-refractivity contribution in [2.75, 3.05) is 0 Å². The van der Waals surface area contributed by atoms with Crippen LogP contribution in [0, 0.1) is 13.8 Å². The molecule has 144 valence electrons. The average molecular weight is 456 g/mol. The van der Waals surface area contributed by atoms with Gasteiger partial charge < -0.3 is 0 Å². The molecule has 1 saturated carbocycles. The van der Waals surface area contributed by atoms with Gasteiger partial charge in [0.15, 0.2) is 11.0 Å². The molecule has 0 radical (unpaired) electrons. The van der Waals surface area contributed by atoms with E-state index >= 15 is 0 Å². The lowest BCUT2D eigenvalue weighted by Crippen LogP contribution is -2.21. The van der Waals surface area contributed by atoms with Crippen molar-refractivity contribution in [1.29, 1.82) is 0 Å². The Hall–Kier alpha value is -1.92. The zero-order valence-corrected chi connectivity index (χ0v) is 18.4. The van der Waals surface area contributed by atoms with Crippen LogP contribution in [0.2, 0.25) is 0 Å². The van der Waals surface area contributed by atoms with Gasteiger partial charge in [0.1, 0.15) is 5.78 Å². The minimum Gasteiger partial charge on any atom is -0.298 e. The van der Waals surface area contributed by atoms with Gasteiger partial charge in [0, 0.05) is 16.5 Å². The SMILES string of the molecule is Cc1cc(C)cc(-n2c(S[C@@H]3CCCCC3=O)nnc2-c2ccc(Br)cc2)c1. The lowest BCUT2D eigenvalue weighted by atomic mass is 9.99. The first-order valence-corrected chi connectivity index (χ1v) is 11.2. The molecule has 1 aliphatic rings. The number of Topliss-reactive ketones (excluding diaryl/α,β-unsaturated/α-hetero) is 1. The number of hydrogen-bond acceptors (Lipinski definition) is 4. The van der Waals surface area contributed by atoms with E-state index in [4.69, 9.17) is 0 Å². The van der Waals surface area contributed by atoms with Gasteiger partial charge in [-0.25, -0.2) is 0 Å². The summed E-state index contributed by atoms with van der Waals surface area (Å²) in [4.78, 5) is 12.4. The van der Waals surface area contributed by atoms with Crippen molar-refractivity contribution in [3.05, 3.63) is 58.1 Å². The average Bonchev–Trinajstić information content (AvgIpc) is 3.07. The zero-order chi connectivity index (χ0) is 19.7. The number of thioether (sulfide) groups is 1. The summed E-state index contributed by atoms with van der Waals surface area (Å²) in [6.07, 6.45) is 3.69. The maximum absolute atomic E-state index is 12.4. The molecule has 1 aliphatic carbocycles. The lowest BCUT2D eigenvalue weighted by Gasteiger charge is -2.20. The number of halogens is 1. The van der Waals surface area contributed by atoms with Crippen LogP contribution in [-0.2, 0) is 4.79 Å². The van der Waals surface area contributed by atoms with Crippen molar-refractivity contribution >= 4 is 33.5 Å². The quantitative estimate of drug-likeness (QED) is 0.489. The molecule has 3 aromatic rings. The monoisotopic (exact) mass is 455 g/mol. The molecule has 0 aliphatic heterocycles. The van der Waals surface area contributed by atoms with E-state index in [-0.39, 0.29) is 5.25 Å². The Morgan fingerprint density at radius 3 is 2.43 bits per heavy atom. The number of carbonyl (C=O) groups excluding carboxylic acids is 1. The smallest absolute Gasteiger partial charge is 0.196 e. The van der Waals surface area contributed by atoms with Gasteiger partial charge in [0.05, 0.1) is 10.9 Å². The first kappa shape index (κ1) is 19.4. The van der Waals surface area contributed by atoms with Crippen LogP contribution < -0.4 is 0 Å². The largest absolute Gasteiger partial charge is 0.298 e. The Morgan fingerprint density at radius 2 is 1.75 bits per heavy atom. The highest BCUT2D eigenvalue weighted by Crippen LogP contribution is 2.35. The number of nitrogens with zero attached hydrogens (tertiary/aromatic N) is 3. The van der Waals surface area contributed by atoms with Gasteiger partial charge in [-0.1, -0.05) is 52.3 Å². The number of aryl methyl sites for hydroxylation is 2. The van der Waals surface area contributed by atoms with Crippen molar-refractivity contribution in [3.8, 4) is 17.1 Å². The number of hydrogen-bond donors (Lipinski definition) is 0. The Balaban J connectivity index is 1.82. The molecule has 1 fully saturated rings. The predicted octanol–water partition coefficient (Wildman–Crippen LogP) is 5.92. The molecule has 0 spiro atoms. The minimum absolute atomic E-state index is 0.0274. The molecule has 28 heavy (non-hydrogen) atoms. The standard InChI is InChI=1S/C22H22BrN3OS/c1-14-11-15(2)13-18(12-14)26-21(16-7-9-17(23)10-8-16)24-25-22(26)28-20-6-4-3-5-19(20)27/h7-13,20H,3-6H2,1-2H3/t20-/m1/s1. The van der Waals surface area contributed by atoms with E-state index in [9.17, 15) is 4.79 Å². The predicted molar refractivity (Wildman–Crippen MR) is 117 cm³/mol. The Bertz CT molecular complexity index is 993. The van der Waals surface area contributed by atoms with E-state index < -0.39 is 0 Å². The Morgan fingerprint density at radius 1 is 1.04 bits per heavy atom. The van der Waals surface area contributed by atoms with Gasteiger partial charge in [-0.15, -0.1) is 10.2 Å². The highest BCUT2D eigenvalue weighted by Gasteiger charge is 2.27. The fraction of sp³-hybridized carbons (Fsp3) is 0.318. The normalized spacial score (nSPS) is 17.1. The molecule has 1 heterocycles. The fourth-order valence-electron chi connectivity index (χ4n) is 3.65. The molecule has 2 aromatic carbocycles. The number of ketones is 1. The van der Waals surface area contributed by atoms with Crippen LogP contribution in [0.1, 0.15) is 36.8 Å². The second-order valence-electron chi connectivity index (χ2n) is 7.31. The minimum atomic E-state index is -0.0274. The van der Waals surface area contributed by atoms with Gasteiger partial charge in [0.2, 0.25) is 0 Å². The van der Waals surface area contributed by atoms with E-state index in [1.165, 1.54) is 11.1 Å². The molecule has 0 saturated heterocycles. The summed E-state index contributed by atoms with van der Waals surface area (Å²) in [6.45, 7) is 4.19. The van der Waals surface area contributed by atoms with Gasteiger partial charge in [-0.3, -0.25) is 9.36 Å². The van der Waals surface area contributed by atoms with Crippen LogP contribution in [0.5, 0.6) is 0 Å². The van der Waals surface area contributed by atoms with Crippen molar-refractivity contribution in [3.63, 3.8) is 0 Å². The first-order valence-electron chi connectivity index (χ1n) is 9.50. The molecule has 0 bridgehead atoms. The van der Waals surface area contributed by atoms with Crippen LogP contribution >= 0.6 is 27.7 Å². The maximum atomic E-state index is 12.4.